The van der Waals surface area contributed by atoms with Crippen molar-refractivity contribution in [2.45, 2.75) is 4.90 Å². The van der Waals surface area contributed by atoms with Crippen LogP contribution in [-0.2, 0) is 11.1 Å². The van der Waals surface area contributed by atoms with E-state index in [0.717, 1.165) is 5.52 Å². The molecule has 0 amide bonds. The molecule has 0 aliphatic carbocycles. The molecule has 0 bridgehead atoms. The minimum absolute atomic E-state index is 0.280. The molecule has 4 nitrogen and oxygen atoms in total. The lowest BCUT2D eigenvalue weighted by Gasteiger charge is -2.03. The lowest BCUT2D eigenvalue weighted by atomic mass is 10.2. The van der Waals surface area contributed by atoms with Crippen LogP contribution in [0.5, 0.6) is 5.75 Å². The number of methoxy groups -OCH3 is 1. The first-order chi connectivity index (χ1) is 6.72. The molecule has 0 aliphatic heterocycles. The van der Waals surface area contributed by atoms with Crippen LogP contribution in [0, 0.1) is 0 Å². The molecule has 1 N–H and O–H groups in total. The fourth-order valence-electron chi connectivity index (χ4n) is 1.34. The van der Waals surface area contributed by atoms with Crippen molar-refractivity contribution in [1.82, 2.24) is 4.98 Å². The summed E-state index contributed by atoms with van der Waals surface area (Å²) in [5, 5.41) is 0.680. The molecule has 2 aromatic rings. The van der Waals surface area contributed by atoms with Gasteiger partial charge in [0.25, 0.3) is 0 Å². The molecule has 0 saturated carbocycles. The normalized spacial score (nSPS) is 13.0. The summed E-state index contributed by atoms with van der Waals surface area (Å²) in [4.78, 5) is 3.15. The topological polar surface area (TPSA) is 65.2 Å². The third-order valence-corrected chi connectivity index (χ3v) is 2.73. The van der Waals surface area contributed by atoms with Gasteiger partial charge in [0.05, 0.1) is 17.5 Å². The predicted octanol–water partition coefficient (Wildman–Crippen LogP) is 1.41. The van der Waals surface area contributed by atoms with E-state index in [1.807, 2.05) is 0 Å². The molecule has 1 aromatic carbocycles. The molecular weight excluding hydrogens is 202 g/mol. The van der Waals surface area contributed by atoms with Crippen molar-refractivity contribution in [3.63, 3.8) is 0 Å². The summed E-state index contributed by atoms with van der Waals surface area (Å²) >= 11 is -2.20. The van der Waals surface area contributed by atoms with E-state index < -0.39 is 11.1 Å². The van der Waals surface area contributed by atoms with Crippen LogP contribution in [0.2, 0.25) is 0 Å². The predicted molar refractivity (Wildman–Crippen MR) is 52.0 cm³/mol. The van der Waals surface area contributed by atoms with Crippen LogP contribution in [0.1, 0.15) is 0 Å². The number of nitrogens with one attached hydrogen (secondary N) is 1. The molecule has 0 spiro atoms. The number of hydrogen-bond acceptors (Lipinski definition) is 3. The van der Waals surface area contributed by atoms with E-state index in [0.29, 0.717) is 11.1 Å². The molecule has 1 atom stereocenters. The molecule has 1 aromatic heterocycles. The van der Waals surface area contributed by atoms with Crippen molar-refractivity contribution in [3.05, 3.63) is 24.4 Å². The molecule has 1 heterocycles. The van der Waals surface area contributed by atoms with Crippen LogP contribution >= 0.6 is 0 Å². The molecule has 14 heavy (non-hydrogen) atoms. The van der Waals surface area contributed by atoms with Crippen molar-refractivity contribution in [2.24, 2.45) is 0 Å². The average molecular weight is 210 g/mol. The van der Waals surface area contributed by atoms with E-state index in [-0.39, 0.29) is 4.90 Å². The zero-order valence-corrected chi connectivity index (χ0v) is 8.26. The van der Waals surface area contributed by atoms with E-state index in [1.165, 1.54) is 6.20 Å². The molecule has 5 heteroatoms. The highest BCUT2D eigenvalue weighted by atomic mass is 32.2. The van der Waals surface area contributed by atoms with Crippen LogP contribution in [0.4, 0.5) is 0 Å². The Kier molecular flexibility index (Phi) is 2.26. The van der Waals surface area contributed by atoms with Crippen LogP contribution in [-0.4, -0.2) is 20.9 Å². The Morgan fingerprint density at radius 2 is 2.29 bits per heavy atom. The van der Waals surface area contributed by atoms with E-state index in [9.17, 15) is 8.76 Å². The van der Waals surface area contributed by atoms with Crippen LogP contribution in [0.25, 0.3) is 10.9 Å². The zero-order valence-electron chi connectivity index (χ0n) is 7.44. The van der Waals surface area contributed by atoms with Gasteiger partial charge in [0.2, 0.25) is 0 Å². The molecule has 2 rings (SSSR count). The second kappa shape index (κ2) is 3.43. The Morgan fingerprint density at radius 1 is 1.50 bits per heavy atom. The second-order valence-corrected chi connectivity index (χ2v) is 3.71. The Labute approximate surface area is 83.2 Å². The number of hydrogen-bond donors (Lipinski definition) is 1. The van der Waals surface area contributed by atoms with Gasteiger partial charge in [-0.2, -0.15) is 0 Å². The van der Waals surface area contributed by atoms with Crippen LogP contribution in [0.15, 0.2) is 29.3 Å². The molecule has 0 radical (unpaired) electrons. The van der Waals surface area contributed by atoms with E-state index in [4.69, 9.17) is 4.74 Å². The van der Waals surface area contributed by atoms with Crippen LogP contribution < -0.4 is 4.74 Å². The maximum atomic E-state index is 10.8. The Bertz CT molecular complexity index is 492. The number of ether oxygens (including phenoxy) is 1. The first kappa shape index (κ1) is 9.23. The monoisotopic (exact) mass is 210 g/mol. The quantitative estimate of drug-likeness (QED) is 0.762. The minimum atomic E-state index is -2.20. The fourth-order valence-corrected chi connectivity index (χ4v) is 1.86. The van der Waals surface area contributed by atoms with E-state index in [2.05, 4.69) is 4.98 Å². The number of fused-ring (bicyclic) bond motifs is 1. The summed E-state index contributed by atoms with van der Waals surface area (Å²) < 4.78 is 26.6. The summed E-state index contributed by atoms with van der Waals surface area (Å²) in [5.74, 6) is 0.697. The molecule has 0 aliphatic rings. The first-order valence-corrected chi connectivity index (χ1v) is 5.04. The van der Waals surface area contributed by atoms with Gasteiger partial charge in [-0.05, 0) is 23.2 Å². The highest BCUT2D eigenvalue weighted by Gasteiger charge is 2.04. The third kappa shape index (κ3) is 1.40. The second-order valence-electron chi connectivity index (χ2n) is 2.80. The maximum Gasteiger partial charge on any atom is 0.120 e. The third-order valence-electron chi connectivity index (χ3n) is 2.03. The molecule has 0 fully saturated rings. The van der Waals surface area contributed by atoms with Crippen molar-refractivity contribution in [3.8, 4) is 5.75 Å². The molecule has 74 valence electrons. The maximum absolute atomic E-state index is 10.8. The Hall–Kier alpha value is -1.33. The summed E-state index contributed by atoms with van der Waals surface area (Å²) in [5.41, 5.74) is 0.753. The van der Waals surface area contributed by atoms with E-state index >= 15 is 0 Å². The first-order valence-electron chi connectivity index (χ1n) is 3.97. The SMILES string of the molecule is COc1ccc2c(S(=O)[O-])c[nH]c2c1. The summed E-state index contributed by atoms with van der Waals surface area (Å²) in [6.07, 6.45) is 1.47. The number of H-pyrrole nitrogens is 1. The number of benzene rings is 1. The smallest absolute Gasteiger partial charge is 0.120 e. The van der Waals surface area contributed by atoms with Crippen molar-refractivity contribution in [2.75, 3.05) is 7.11 Å². The number of aromatic nitrogens is 1. The summed E-state index contributed by atoms with van der Waals surface area (Å²) in [6.45, 7) is 0. The molecular formula is C9H8NO3S-. The standard InChI is InChI=1S/C9H9NO3S/c1-13-6-2-3-7-8(4-6)10-5-9(7)14(11)12/h2-5,10H,1H3,(H,11,12)/p-1. The largest absolute Gasteiger partial charge is 0.768 e. The van der Waals surface area contributed by atoms with Crippen molar-refractivity contribution in [1.29, 1.82) is 0 Å². The van der Waals surface area contributed by atoms with E-state index in [1.54, 1.807) is 25.3 Å². The van der Waals surface area contributed by atoms with Crippen LogP contribution in [0.3, 0.4) is 0 Å². The Balaban J connectivity index is 2.65. The van der Waals surface area contributed by atoms with Crippen molar-refractivity contribution >= 4 is 22.0 Å². The van der Waals surface area contributed by atoms with Gasteiger partial charge >= 0.3 is 0 Å². The lowest BCUT2D eigenvalue weighted by molar-refractivity contribution is 0.415. The number of rotatable bonds is 2. The van der Waals surface area contributed by atoms with Gasteiger partial charge in [0.15, 0.2) is 0 Å². The van der Waals surface area contributed by atoms with Gasteiger partial charge in [-0.3, -0.25) is 4.21 Å². The highest BCUT2D eigenvalue weighted by Crippen LogP contribution is 2.24. The number of aromatic amines is 1. The Morgan fingerprint density at radius 3 is 2.93 bits per heavy atom. The van der Waals surface area contributed by atoms with Crippen molar-refractivity contribution < 1.29 is 13.5 Å². The van der Waals surface area contributed by atoms with Gasteiger partial charge in [-0.15, -0.1) is 0 Å². The summed E-state index contributed by atoms with van der Waals surface area (Å²) in [7, 11) is 1.57. The molecule has 1 unspecified atom stereocenters. The lowest BCUT2D eigenvalue weighted by Crippen LogP contribution is -1.86. The van der Waals surface area contributed by atoms with Gasteiger partial charge in [0, 0.05) is 17.6 Å². The zero-order chi connectivity index (χ0) is 10.1. The highest BCUT2D eigenvalue weighted by molar-refractivity contribution is 7.79. The average Bonchev–Trinajstić information content (AvgIpc) is 2.59. The van der Waals surface area contributed by atoms with Gasteiger partial charge < -0.3 is 14.3 Å². The molecule has 0 saturated heterocycles. The summed E-state index contributed by atoms with van der Waals surface area (Å²) in [6, 6.07) is 5.20. The van der Waals surface area contributed by atoms with Gasteiger partial charge in [-0.1, -0.05) is 0 Å². The van der Waals surface area contributed by atoms with Gasteiger partial charge in [0.1, 0.15) is 5.75 Å². The fraction of sp³-hybridized carbons (Fsp3) is 0.111. The minimum Gasteiger partial charge on any atom is -0.768 e. The van der Waals surface area contributed by atoms with Gasteiger partial charge in [-0.25, -0.2) is 0 Å².